The lowest BCUT2D eigenvalue weighted by molar-refractivity contribution is -0.00514. The van der Waals surface area contributed by atoms with Crippen LogP contribution in [0.2, 0.25) is 0 Å². The summed E-state index contributed by atoms with van der Waals surface area (Å²) in [6.07, 6.45) is 0. The molecule has 1 rings (SSSR count). The number of rotatable bonds is 6. The van der Waals surface area contributed by atoms with Gasteiger partial charge in [0.1, 0.15) is 4.21 Å². The minimum Gasteiger partial charge on any atom is -0.375 e. The van der Waals surface area contributed by atoms with Crippen molar-refractivity contribution in [2.75, 3.05) is 13.2 Å². The number of nitrogens with one attached hydrogen (secondary N) is 1. The van der Waals surface area contributed by atoms with Gasteiger partial charge in [-0.3, -0.25) is 0 Å². The highest BCUT2D eigenvalue weighted by molar-refractivity contribution is 9.11. The van der Waals surface area contributed by atoms with Crippen molar-refractivity contribution in [1.29, 1.82) is 0 Å². The summed E-state index contributed by atoms with van der Waals surface area (Å²) in [7, 11) is -3.43. The van der Waals surface area contributed by atoms with Crippen LogP contribution in [0, 0.1) is 0 Å². The molecule has 0 amide bonds. The van der Waals surface area contributed by atoms with E-state index in [9.17, 15) is 8.42 Å². The molecule has 0 aromatic carbocycles. The van der Waals surface area contributed by atoms with Gasteiger partial charge in [-0.2, -0.15) is 0 Å². The molecule has 17 heavy (non-hydrogen) atoms. The second-order valence-electron chi connectivity index (χ2n) is 4.08. The number of hydrogen-bond donors (Lipinski definition) is 1. The van der Waals surface area contributed by atoms with E-state index in [-0.39, 0.29) is 6.54 Å². The molecule has 0 aliphatic heterocycles. The van der Waals surface area contributed by atoms with Crippen LogP contribution >= 0.6 is 27.3 Å². The Morgan fingerprint density at radius 1 is 1.47 bits per heavy atom. The fraction of sp³-hybridized carbons (Fsp3) is 0.600. The molecule has 0 spiro atoms. The van der Waals surface area contributed by atoms with Gasteiger partial charge in [0, 0.05) is 13.2 Å². The topological polar surface area (TPSA) is 55.4 Å². The number of halogens is 1. The third-order valence-corrected chi connectivity index (χ3v) is 5.55. The smallest absolute Gasteiger partial charge is 0.250 e. The maximum Gasteiger partial charge on any atom is 0.250 e. The summed E-state index contributed by atoms with van der Waals surface area (Å²) < 4.78 is 32.9. The third-order valence-electron chi connectivity index (χ3n) is 2.04. The molecule has 98 valence electrons. The van der Waals surface area contributed by atoms with Crippen molar-refractivity contribution in [3.63, 3.8) is 0 Å². The first-order valence-corrected chi connectivity index (χ1v) is 8.25. The van der Waals surface area contributed by atoms with Crippen LogP contribution in [0.25, 0.3) is 0 Å². The number of sulfonamides is 1. The van der Waals surface area contributed by atoms with Crippen molar-refractivity contribution >= 4 is 37.3 Å². The summed E-state index contributed by atoms with van der Waals surface area (Å²) in [4.78, 5) is 0. The first-order valence-electron chi connectivity index (χ1n) is 5.16. The molecule has 0 fully saturated rings. The maximum atomic E-state index is 11.9. The highest BCUT2D eigenvalue weighted by Gasteiger charge is 2.23. The Morgan fingerprint density at radius 2 is 2.12 bits per heavy atom. The fourth-order valence-corrected chi connectivity index (χ4v) is 4.48. The highest BCUT2D eigenvalue weighted by Crippen LogP contribution is 2.26. The standard InChI is InChI=1S/C10H16BrNO3S2/c1-4-15-10(2,3)7-12-17(13,14)9-6-5-8(11)16-9/h5-6,12H,4,7H2,1-3H3. The van der Waals surface area contributed by atoms with Gasteiger partial charge in [-0.1, -0.05) is 0 Å². The van der Waals surface area contributed by atoms with Crippen molar-refractivity contribution in [3.05, 3.63) is 15.9 Å². The first kappa shape index (κ1) is 15.1. The molecule has 0 unspecified atom stereocenters. The van der Waals surface area contributed by atoms with Crippen LogP contribution in [0.15, 0.2) is 20.1 Å². The van der Waals surface area contributed by atoms with E-state index in [1.807, 2.05) is 20.8 Å². The second kappa shape index (κ2) is 5.79. The van der Waals surface area contributed by atoms with Crippen molar-refractivity contribution in [2.45, 2.75) is 30.6 Å². The Labute approximate surface area is 115 Å². The Balaban J connectivity index is 2.69. The predicted molar refractivity (Wildman–Crippen MR) is 72.9 cm³/mol. The average Bonchev–Trinajstić information content (AvgIpc) is 2.63. The lowest BCUT2D eigenvalue weighted by Crippen LogP contribution is -2.40. The summed E-state index contributed by atoms with van der Waals surface area (Å²) in [5.41, 5.74) is -0.504. The van der Waals surface area contributed by atoms with E-state index in [2.05, 4.69) is 20.7 Å². The summed E-state index contributed by atoms with van der Waals surface area (Å²) in [6, 6.07) is 3.29. The van der Waals surface area contributed by atoms with E-state index >= 15 is 0 Å². The molecule has 1 aromatic heterocycles. The molecule has 0 radical (unpaired) electrons. The Morgan fingerprint density at radius 3 is 2.59 bits per heavy atom. The van der Waals surface area contributed by atoms with E-state index < -0.39 is 15.6 Å². The van der Waals surface area contributed by atoms with Gasteiger partial charge in [-0.15, -0.1) is 11.3 Å². The van der Waals surface area contributed by atoms with Crippen molar-refractivity contribution in [2.24, 2.45) is 0 Å². The van der Waals surface area contributed by atoms with E-state index in [1.165, 1.54) is 11.3 Å². The zero-order valence-corrected chi connectivity index (χ0v) is 13.2. The molecule has 0 saturated heterocycles. The van der Waals surface area contributed by atoms with E-state index in [0.29, 0.717) is 10.8 Å². The maximum absolute atomic E-state index is 11.9. The minimum absolute atomic E-state index is 0.249. The van der Waals surface area contributed by atoms with Crippen LogP contribution in [0.4, 0.5) is 0 Å². The monoisotopic (exact) mass is 341 g/mol. The van der Waals surface area contributed by atoms with E-state index in [1.54, 1.807) is 12.1 Å². The van der Waals surface area contributed by atoms with Gasteiger partial charge in [0.15, 0.2) is 0 Å². The van der Waals surface area contributed by atoms with Crippen molar-refractivity contribution < 1.29 is 13.2 Å². The van der Waals surface area contributed by atoms with E-state index in [0.717, 1.165) is 3.79 Å². The van der Waals surface area contributed by atoms with Gasteiger partial charge in [0.2, 0.25) is 10.0 Å². The quantitative estimate of drug-likeness (QED) is 0.865. The predicted octanol–water partition coefficient (Wildman–Crippen LogP) is 2.60. The molecule has 0 bridgehead atoms. The molecule has 1 N–H and O–H groups in total. The molecule has 1 heterocycles. The van der Waals surface area contributed by atoms with Gasteiger partial charge < -0.3 is 4.74 Å². The van der Waals surface area contributed by atoms with Crippen molar-refractivity contribution in [3.8, 4) is 0 Å². The van der Waals surface area contributed by atoms with Gasteiger partial charge in [0.25, 0.3) is 0 Å². The molecule has 0 aliphatic carbocycles. The molecule has 0 saturated carbocycles. The second-order valence-corrected chi connectivity index (χ2v) is 8.53. The van der Waals surface area contributed by atoms with Gasteiger partial charge >= 0.3 is 0 Å². The first-order chi connectivity index (χ1) is 7.77. The fourth-order valence-electron chi connectivity index (χ4n) is 1.22. The van der Waals surface area contributed by atoms with E-state index in [4.69, 9.17) is 4.74 Å². The van der Waals surface area contributed by atoms with Crippen LogP contribution in [-0.2, 0) is 14.8 Å². The Hall–Kier alpha value is 0.0500. The molecule has 0 aliphatic rings. The Bertz CT molecular complexity index is 468. The molecular formula is C10H16BrNO3S2. The average molecular weight is 342 g/mol. The summed E-state index contributed by atoms with van der Waals surface area (Å²) in [5, 5.41) is 0. The largest absolute Gasteiger partial charge is 0.375 e. The van der Waals surface area contributed by atoms with Gasteiger partial charge in [-0.05, 0) is 48.8 Å². The summed E-state index contributed by atoms with van der Waals surface area (Å²) >= 11 is 4.43. The third kappa shape index (κ3) is 4.67. The Kier molecular flexibility index (Phi) is 5.15. The lowest BCUT2D eigenvalue weighted by atomic mass is 10.1. The number of ether oxygens (including phenoxy) is 1. The molecule has 7 heteroatoms. The number of thiophene rings is 1. The van der Waals surface area contributed by atoms with Crippen molar-refractivity contribution in [1.82, 2.24) is 4.72 Å². The minimum atomic E-state index is -3.43. The normalized spacial score (nSPS) is 12.9. The SMILES string of the molecule is CCOC(C)(C)CNS(=O)(=O)c1ccc(Br)s1. The zero-order valence-electron chi connectivity index (χ0n) is 9.99. The number of hydrogen-bond acceptors (Lipinski definition) is 4. The molecule has 4 nitrogen and oxygen atoms in total. The molecule has 1 aromatic rings. The molecular weight excluding hydrogens is 326 g/mol. The van der Waals surface area contributed by atoms with Crippen LogP contribution in [-0.4, -0.2) is 27.2 Å². The summed E-state index contributed by atoms with van der Waals surface area (Å²) in [5.74, 6) is 0. The van der Waals surface area contributed by atoms with Crippen LogP contribution < -0.4 is 4.72 Å². The van der Waals surface area contributed by atoms with Gasteiger partial charge in [0.05, 0.1) is 9.39 Å². The summed E-state index contributed by atoms with van der Waals surface area (Å²) in [6.45, 7) is 6.39. The highest BCUT2D eigenvalue weighted by atomic mass is 79.9. The van der Waals surface area contributed by atoms with Crippen LogP contribution in [0.3, 0.4) is 0 Å². The molecule has 0 atom stereocenters. The van der Waals surface area contributed by atoms with Crippen LogP contribution in [0.1, 0.15) is 20.8 Å². The zero-order chi connectivity index (χ0) is 13.1. The van der Waals surface area contributed by atoms with Gasteiger partial charge in [-0.25, -0.2) is 13.1 Å². The van der Waals surface area contributed by atoms with Crippen LogP contribution in [0.5, 0.6) is 0 Å². The lowest BCUT2D eigenvalue weighted by Gasteiger charge is -2.24.